The van der Waals surface area contributed by atoms with Gasteiger partial charge < -0.3 is 10.1 Å². The summed E-state index contributed by atoms with van der Waals surface area (Å²) in [5, 5.41) is 5.42. The van der Waals surface area contributed by atoms with Gasteiger partial charge in [0.25, 0.3) is 5.91 Å². The Labute approximate surface area is 146 Å². The second kappa shape index (κ2) is 8.40. The molecule has 0 saturated heterocycles. The molecule has 0 aliphatic carbocycles. The maximum atomic E-state index is 13.1. The summed E-state index contributed by atoms with van der Waals surface area (Å²) in [4.78, 5) is 12.1. The van der Waals surface area contributed by atoms with E-state index in [0.717, 1.165) is 6.42 Å². The van der Waals surface area contributed by atoms with Gasteiger partial charge in [0, 0.05) is 11.3 Å². The van der Waals surface area contributed by atoms with Crippen molar-refractivity contribution in [2.75, 3.05) is 5.32 Å². The van der Waals surface area contributed by atoms with Crippen molar-refractivity contribution in [2.45, 2.75) is 26.4 Å². The third-order valence-electron chi connectivity index (χ3n) is 3.34. The summed E-state index contributed by atoms with van der Waals surface area (Å²) in [5.41, 5.74) is 0.924. The predicted molar refractivity (Wildman–Crippen MR) is 96.9 cm³/mol. The molecule has 126 valence electrons. The number of nitrogens with one attached hydrogen (secondary N) is 2. The first kappa shape index (κ1) is 17.9. The van der Waals surface area contributed by atoms with Gasteiger partial charge >= 0.3 is 0 Å². The summed E-state index contributed by atoms with van der Waals surface area (Å²) in [5.74, 6) is -0.0219. The van der Waals surface area contributed by atoms with Crippen LogP contribution in [0.1, 0.15) is 30.6 Å². The first-order valence-corrected chi connectivity index (χ1v) is 8.03. The first-order valence-electron chi connectivity index (χ1n) is 7.62. The highest BCUT2D eigenvalue weighted by atomic mass is 32.1. The van der Waals surface area contributed by atoms with Crippen LogP contribution in [0.3, 0.4) is 0 Å². The van der Waals surface area contributed by atoms with Crippen molar-refractivity contribution < 1.29 is 13.9 Å². The number of carbonyl (C=O) groups is 1. The van der Waals surface area contributed by atoms with Crippen LogP contribution in [-0.4, -0.2) is 17.1 Å². The summed E-state index contributed by atoms with van der Waals surface area (Å²) < 4.78 is 18.8. The lowest BCUT2D eigenvalue weighted by Gasteiger charge is -2.13. The molecular weight excluding hydrogens is 327 g/mol. The van der Waals surface area contributed by atoms with Crippen LogP contribution in [0.5, 0.6) is 5.75 Å². The smallest absolute Gasteiger partial charge is 0.257 e. The quantitative estimate of drug-likeness (QED) is 0.799. The molecule has 24 heavy (non-hydrogen) atoms. The fourth-order valence-corrected chi connectivity index (χ4v) is 2.11. The van der Waals surface area contributed by atoms with Crippen molar-refractivity contribution in [3.63, 3.8) is 0 Å². The highest BCUT2D eigenvalue weighted by Gasteiger charge is 2.09. The molecule has 1 amide bonds. The third kappa shape index (κ3) is 5.31. The zero-order valence-corrected chi connectivity index (χ0v) is 14.3. The second-order valence-corrected chi connectivity index (χ2v) is 5.69. The molecule has 0 aliphatic heterocycles. The molecule has 0 fully saturated rings. The monoisotopic (exact) mass is 346 g/mol. The molecule has 1 atom stereocenters. The van der Waals surface area contributed by atoms with Crippen LogP contribution < -0.4 is 15.4 Å². The van der Waals surface area contributed by atoms with Crippen molar-refractivity contribution in [2.24, 2.45) is 0 Å². The summed E-state index contributed by atoms with van der Waals surface area (Å²) >= 11 is 5.06. The van der Waals surface area contributed by atoms with Crippen molar-refractivity contribution in [3.8, 4) is 5.75 Å². The molecule has 0 spiro atoms. The van der Waals surface area contributed by atoms with Gasteiger partial charge in [0.1, 0.15) is 11.6 Å². The molecule has 0 bridgehead atoms. The van der Waals surface area contributed by atoms with Crippen LogP contribution in [-0.2, 0) is 0 Å². The van der Waals surface area contributed by atoms with Crippen LogP contribution in [0.15, 0.2) is 48.5 Å². The van der Waals surface area contributed by atoms with Gasteiger partial charge in [0.05, 0.1) is 6.10 Å². The van der Waals surface area contributed by atoms with Crippen LogP contribution in [0.2, 0.25) is 0 Å². The largest absolute Gasteiger partial charge is 0.491 e. The van der Waals surface area contributed by atoms with Gasteiger partial charge in [0.15, 0.2) is 5.11 Å². The van der Waals surface area contributed by atoms with Gasteiger partial charge in [-0.2, -0.15) is 0 Å². The lowest BCUT2D eigenvalue weighted by atomic mass is 10.2. The number of anilines is 1. The van der Waals surface area contributed by atoms with Gasteiger partial charge in [-0.1, -0.05) is 13.0 Å². The van der Waals surface area contributed by atoms with E-state index in [-0.39, 0.29) is 22.9 Å². The van der Waals surface area contributed by atoms with Crippen LogP contribution in [0.4, 0.5) is 10.1 Å². The number of hydrogen-bond acceptors (Lipinski definition) is 3. The Hall–Kier alpha value is -2.47. The molecular formula is C18H19FN2O2S. The Morgan fingerprint density at radius 2 is 1.96 bits per heavy atom. The minimum atomic E-state index is -0.383. The number of ether oxygens (including phenoxy) is 1. The predicted octanol–water partition coefficient (Wildman–Crippen LogP) is 4.13. The number of rotatable bonds is 5. The topological polar surface area (TPSA) is 50.4 Å². The molecule has 0 heterocycles. The fraction of sp³-hybridized carbons (Fsp3) is 0.222. The minimum absolute atomic E-state index is 0.102. The van der Waals surface area contributed by atoms with E-state index in [1.165, 1.54) is 12.1 Å². The zero-order chi connectivity index (χ0) is 17.5. The van der Waals surface area contributed by atoms with E-state index in [0.29, 0.717) is 17.0 Å². The molecule has 2 aromatic carbocycles. The molecule has 2 aromatic rings. The van der Waals surface area contributed by atoms with E-state index in [2.05, 4.69) is 10.6 Å². The maximum Gasteiger partial charge on any atom is 0.257 e. The van der Waals surface area contributed by atoms with Gasteiger partial charge in [-0.15, -0.1) is 0 Å². The average molecular weight is 346 g/mol. The molecule has 0 saturated carbocycles. The molecule has 4 nitrogen and oxygen atoms in total. The number of carbonyl (C=O) groups excluding carboxylic acids is 1. The minimum Gasteiger partial charge on any atom is -0.491 e. The van der Waals surface area contributed by atoms with Gasteiger partial charge in [-0.3, -0.25) is 10.1 Å². The SMILES string of the molecule is CC[C@@H](C)Oc1ccc(C(=O)NC(=S)Nc2cccc(F)c2)cc1. The Balaban J connectivity index is 1.93. The highest BCUT2D eigenvalue weighted by molar-refractivity contribution is 7.80. The maximum absolute atomic E-state index is 13.1. The third-order valence-corrected chi connectivity index (χ3v) is 3.54. The van der Waals surface area contributed by atoms with E-state index in [1.807, 2.05) is 13.8 Å². The van der Waals surface area contributed by atoms with Crippen LogP contribution in [0.25, 0.3) is 0 Å². The van der Waals surface area contributed by atoms with Crippen LogP contribution >= 0.6 is 12.2 Å². The molecule has 2 rings (SSSR count). The lowest BCUT2D eigenvalue weighted by molar-refractivity contribution is 0.0977. The van der Waals surface area contributed by atoms with E-state index >= 15 is 0 Å². The zero-order valence-electron chi connectivity index (χ0n) is 13.5. The van der Waals surface area contributed by atoms with E-state index in [9.17, 15) is 9.18 Å². The van der Waals surface area contributed by atoms with E-state index in [4.69, 9.17) is 17.0 Å². The molecule has 0 radical (unpaired) electrons. The summed E-state index contributed by atoms with van der Waals surface area (Å²) in [6.07, 6.45) is 1.02. The van der Waals surface area contributed by atoms with Gasteiger partial charge in [-0.25, -0.2) is 4.39 Å². The Bertz CT molecular complexity index is 719. The highest BCUT2D eigenvalue weighted by Crippen LogP contribution is 2.15. The summed E-state index contributed by atoms with van der Waals surface area (Å²) in [7, 11) is 0. The standard InChI is InChI=1S/C18H19FN2O2S/c1-3-12(2)23-16-9-7-13(8-10-16)17(22)21-18(24)20-15-6-4-5-14(19)11-15/h4-12H,3H2,1-2H3,(H2,20,21,22,24)/t12-/m1/s1. The molecule has 0 aliphatic rings. The Morgan fingerprint density at radius 3 is 2.58 bits per heavy atom. The number of hydrogen-bond donors (Lipinski definition) is 2. The van der Waals surface area contributed by atoms with Crippen molar-refractivity contribution in [3.05, 3.63) is 59.9 Å². The summed E-state index contributed by atoms with van der Waals surface area (Å²) in [6.45, 7) is 4.02. The summed E-state index contributed by atoms with van der Waals surface area (Å²) in [6, 6.07) is 12.6. The number of thiocarbonyl (C=S) groups is 1. The first-order chi connectivity index (χ1) is 11.5. The number of amides is 1. The van der Waals surface area contributed by atoms with Crippen molar-refractivity contribution >= 4 is 28.9 Å². The molecule has 6 heteroatoms. The van der Waals surface area contributed by atoms with E-state index in [1.54, 1.807) is 36.4 Å². The molecule has 0 aromatic heterocycles. The second-order valence-electron chi connectivity index (χ2n) is 5.28. The number of halogens is 1. The lowest BCUT2D eigenvalue weighted by Crippen LogP contribution is -2.34. The van der Waals surface area contributed by atoms with Gasteiger partial charge in [0.2, 0.25) is 0 Å². The van der Waals surface area contributed by atoms with Crippen molar-refractivity contribution in [1.82, 2.24) is 5.32 Å². The fourth-order valence-electron chi connectivity index (χ4n) is 1.90. The normalized spacial score (nSPS) is 11.5. The van der Waals surface area contributed by atoms with Gasteiger partial charge in [-0.05, 0) is 68.0 Å². The number of benzene rings is 2. The average Bonchev–Trinajstić information content (AvgIpc) is 2.55. The Kier molecular flexibility index (Phi) is 6.26. The Morgan fingerprint density at radius 1 is 1.25 bits per heavy atom. The molecule has 2 N–H and O–H groups in total. The van der Waals surface area contributed by atoms with Crippen LogP contribution in [0, 0.1) is 5.82 Å². The van der Waals surface area contributed by atoms with Crippen molar-refractivity contribution in [1.29, 1.82) is 0 Å². The van der Waals surface area contributed by atoms with E-state index < -0.39 is 0 Å². The molecule has 0 unspecified atom stereocenters.